The first-order valence-electron chi connectivity index (χ1n) is 6.94. The van der Waals surface area contributed by atoms with Gasteiger partial charge in [-0.2, -0.15) is 5.26 Å². The Bertz CT molecular complexity index is 464. The van der Waals surface area contributed by atoms with Crippen molar-refractivity contribution < 1.29 is 9.47 Å². The quantitative estimate of drug-likeness (QED) is 0.792. The Balaban J connectivity index is 2.64. The van der Waals surface area contributed by atoms with Crippen LogP contribution in [0.4, 0.5) is 0 Å². The molecule has 0 saturated carbocycles. The highest BCUT2D eigenvalue weighted by Gasteiger charge is 2.17. The Kier molecular flexibility index (Phi) is 6.33. The number of benzene rings is 1. The van der Waals surface area contributed by atoms with Crippen LogP contribution in [0, 0.1) is 16.7 Å². The highest BCUT2D eigenvalue weighted by atomic mass is 16.5. The molecule has 0 amide bonds. The zero-order chi connectivity index (χ0) is 15.0. The second-order valence-electron chi connectivity index (χ2n) is 5.36. The first-order valence-corrected chi connectivity index (χ1v) is 6.94. The van der Waals surface area contributed by atoms with Crippen LogP contribution in [-0.4, -0.2) is 20.3 Å². The number of rotatable bonds is 8. The molecule has 0 bridgehead atoms. The Labute approximate surface area is 121 Å². The number of nitriles is 1. The minimum Gasteiger partial charge on any atom is -0.493 e. The van der Waals surface area contributed by atoms with Crippen molar-refractivity contribution in [2.45, 2.75) is 33.7 Å². The number of nitrogens with one attached hydrogen (secondary N) is 1. The minimum absolute atomic E-state index is 0.363. The van der Waals surface area contributed by atoms with E-state index < -0.39 is 0 Å². The Morgan fingerprint density at radius 2 is 2.05 bits per heavy atom. The summed E-state index contributed by atoms with van der Waals surface area (Å²) in [6.07, 6.45) is 0.686. The van der Waals surface area contributed by atoms with Crippen molar-refractivity contribution >= 4 is 0 Å². The molecular weight excluding hydrogens is 252 g/mol. The number of hydrogen-bond donors (Lipinski definition) is 1. The van der Waals surface area contributed by atoms with E-state index in [2.05, 4.69) is 18.3 Å². The molecule has 1 rings (SSSR count). The number of hydrogen-bond acceptors (Lipinski definition) is 4. The second kappa shape index (κ2) is 7.76. The van der Waals surface area contributed by atoms with Gasteiger partial charge < -0.3 is 14.8 Å². The van der Waals surface area contributed by atoms with Crippen LogP contribution >= 0.6 is 0 Å². The van der Waals surface area contributed by atoms with Crippen LogP contribution in [0.2, 0.25) is 0 Å². The summed E-state index contributed by atoms with van der Waals surface area (Å²) in [5.41, 5.74) is 0.798. The maximum absolute atomic E-state index is 8.97. The lowest BCUT2D eigenvalue weighted by molar-refractivity contribution is 0.252. The average molecular weight is 276 g/mol. The topological polar surface area (TPSA) is 54.3 Å². The van der Waals surface area contributed by atoms with E-state index >= 15 is 0 Å². The summed E-state index contributed by atoms with van der Waals surface area (Å²) in [4.78, 5) is 0. The van der Waals surface area contributed by atoms with E-state index in [1.807, 2.05) is 32.0 Å². The van der Waals surface area contributed by atoms with Gasteiger partial charge in [-0.1, -0.05) is 13.0 Å². The van der Waals surface area contributed by atoms with E-state index in [1.54, 1.807) is 7.11 Å². The van der Waals surface area contributed by atoms with Crippen molar-refractivity contribution in [1.29, 1.82) is 5.26 Å². The van der Waals surface area contributed by atoms with Crippen molar-refractivity contribution in [3.05, 3.63) is 23.8 Å². The fraction of sp³-hybridized carbons (Fsp3) is 0.562. The molecule has 4 heteroatoms. The lowest BCUT2D eigenvalue weighted by Gasteiger charge is -2.17. The van der Waals surface area contributed by atoms with Crippen LogP contribution in [-0.2, 0) is 6.54 Å². The van der Waals surface area contributed by atoms with E-state index in [0.717, 1.165) is 30.2 Å². The predicted molar refractivity (Wildman–Crippen MR) is 79.9 cm³/mol. The largest absolute Gasteiger partial charge is 0.493 e. The van der Waals surface area contributed by atoms with Gasteiger partial charge in [0, 0.05) is 6.54 Å². The summed E-state index contributed by atoms with van der Waals surface area (Å²) in [7, 11) is 1.64. The van der Waals surface area contributed by atoms with Gasteiger partial charge in [0.25, 0.3) is 0 Å². The van der Waals surface area contributed by atoms with Crippen LogP contribution in [0.5, 0.6) is 11.5 Å². The highest BCUT2D eigenvalue weighted by Crippen LogP contribution is 2.29. The van der Waals surface area contributed by atoms with Crippen LogP contribution in [0.3, 0.4) is 0 Å². The van der Waals surface area contributed by atoms with Crippen molar-refractivity contribution in [2.75, 3.05) is 20.3 Å². The van der Waals surface area contributed by atoms with Gasteiger partial charge in [-0.25, -0.2) is 0 Å². The van der Waals surface area contributed by atoms with Crippen molar-refractivity contribution in [1.82, 2.24) is 5.32 Å². The molecule has 0 atom stereocenters. The van der Waals surface area contributed by atoms with Gasteiger partial charge in [0.15, 0.2) is 11.5 Å². The molecule has 20 heavy (non-hydrogen) atoms. The van der Waals surface area contributed by atoms with Crippen molar-refractivity contribution in [3.8, 4) is 17.6 Å². The van der Waals surface area contributed by atoms with E-state index in [0.29, 0.717) is 13.0 Å². The van der Waals surface area contributed by atoms with Crippen LogP contribution in [0.1, 0.15) is 32.8 Å². The Morgan fingerprint density at radius 3 is 2.65 bits per heavy atom. The van der Waals surface area contributed by atoms with Gasteiger partial charge >= 0.3 is 0 Å². The van der Waals surface area contributed by atoms with Crippen LogP contribution in [0.25, 0.3) is 0 Å². The van der Waals surface area contributed by atoms with Crippen molar-refractivity contribution in [2.24, 2.45) is 5.41 Å². The molecule has 0 aliphatic rings. The highest BCUT2D eigenvalue weighted by molar-refractivity contribution is 5.42. The third-order valence-electron chi connectivity index (χ3n) is 3.09. The molecule has 0 aliphatic carbocycles. The predicted octanol–water partition coefficient (Wildman–Crippen LogP) is 3.12. The molecule has 1 aromatic carbocycles. The second-order valence-corrected chi connectivity index (χ2v) is 5.36. The first-order chi connectivity index (χ1) is 9.52. The third-order valence-corrected chi connectivity index (χ3v) is 3.09. The maximum atomic E-state index is 8.97. The smallest absolute Gasteiger partial charge is 0.161 e. The number of nitrogens with zero attached hydrogens (tertiary/aromatic N) is 1. The summed E-state index contributed by atoms with van der Waals surface area (Å²) < 4.78 is 11.1. The molecule has 1 N–H and O–H groups in total. The number of ether oxygens (including phenoxy) is 2. The maximum Gasteiger partial charge on any atom is 0.161 e. The zero-order valence-electron chi connectivity index (χ0n) is 12.8. The molecular formula is C16H24N2O2. The average Bonchev–Trinajstić information content (AvgIpc) is 2.45. The van der Waals surface area contributed by atoms with Crippen LogP contribution < -0.4 is 14.8 Å². The van der Waals surface area contributed by atoms with E-state index in [1.165, 1.54) is 0 Å². The fourth-order valence-corrected chi connectivity index (χ4v) is 1.68. The lowest BCUT2D eigenvalue weighted by atomic mass is 9.92. The van der Waals surface area contributed by atoms with E-state index in [9.17, 15) is 0 Å². The number of methoxy groups -OCH3 is 1. The minimum atomic E-state index is -0.363. The summed E-state index contributed by atoms with van der Waals surface area (Å²) in [5, 5.41) is 12.2. The first kappa shape index (κ1) is 16.3. The zero-order valence-corrected chi connectivity index (χ0v) is 12.8. The van der Waals surface area contributed by atoms with Gasteiger partial charge in [-0.05, 0) is 44.5 Å². The molecule has 0 aliphatic heterocycles. The summed E-state index contributed by atoms with van der Waals surface area (Å²) in [6, 6.07) is 8.19. The van der Waals surface area contributed by atoms with Crippen LogP contribution in [0.15, 0.2) is 18.2 Å². The SMILES string of the molecule is CCNCc1ccc(OCCC(C)(C)C#N)c(OC)c1. The monoisotopic (exact) mass is 276 g/mol. The third kappa shape index (κ3) is 5.10. The normalized spacial score (nSPS) is 10.9. The molecule has 0 heterocycles. The Hall–Kier alpha value is -1.73. The summed E-state index contributed by atoms with van der Waals surface area (Å²) >= 11 is 0. The molecule has 1 aromatic rings. The standard InChI is InChI=1S/C16H24N2O2/c1-5-18-11-13-6-7-14(15(10-13)19-4)20-9-8-16(2,3)12-17/h6-7,10,18H,5,8-9,11H2,1-4H3. The van der Waals surface area contributed by atoms with Gasteiger partial charge in [-0.3, -0.25) is 0 Å². The molecule has 4 nitrogen and oxygen atoms in total. The van der Waals surface area contributed by atoms with Gasteiger partial charge in [0.05, 0.1) is 25.2 Å². The van der Waals surface area contributed by atoms with Gasteiger partial charge in [0.2, 0.25) is 0 Å². The summed E-state index contributed by atoms with van der Waals surface area (Å²) in [6.45, 7) is 8.15. The Morgan fingerprint density at radius 1 is 1.30 bits per heavy atom. The van der Waals surface area contributed by atoms with Gasteiger partial charge in [0.1, 0.15) is 0 Å². The molecule has 0 radical (unpaired) electrons. The molecule has 0 saturated heterocycles. The summed E-state index contributed by atoms with van der Waals surface area (Å²) in [5.74, 6) is 1.46. The molecule has 0 fully saturated rings. The lowest BCUT2D eigenvalue weighted by Crippen LogP contribution is -2.14. The molecule has 110 valence electrons. The van der Waals surface area contributed by atoms with Crippen molar-refractivity contribution in [3.63, 3.8) is 0 Å². The van der Waals surface area contributed by atoms with E-state index in [4.69, 9.17) is 14.7 Å². The van der Waals surface area contributed by atoms with Gasteiger partial charge in [-0.15, -0.1) is 0 Å². The molecule has 0 aromatic heterocycles. The molecule has 0 spiro atoms. The molecule has 0 unspecified atom stereocenters. The van der Waals surface area contributed by atoms with E-state index in [-0.39, 0.29) is 5.41 Å². The fourth-order valence-electron chi connectivity index (χ4n) is 1.68.